The van der Waals surface area contributed by atoms with Gasteiger partial charge >= 0.3 is 0 Å². The SMILES string of the molecule is COc1ccc(CNc2cnccc2Cl)c(OC)c1. The Labute approximate surface area is 117 Å². The summed E-state index contributed by atoms with van der Waals surface area (Å²) in [4.78, 5) is 4.03. The fraction of sp³-hybridized carbons (Fsp3) is 0.214. The van der Waals surface area contributed by atoms with Crippen molar-refractivity contribution >= 4 is 17.3 Å². The Hall–Kier alpha value is -1.94. The molecule has 0 aliphatic carbocycles. The number of hydrogen-bond acceptors (Lipinski definition) is 4. The minimum atomic E-state index is 0.596. The summed E-state index contributed by atoms with van der Waals surface area (Å²) in [5, 5.41) is 3.87. The van der Waals surface area contributed by atoms with E-state index in [1.807, 2.05) is 18.2 Å². The highest BCUT2D eigenvalue weighted by molar-refractivity contribution is 6.33. The minimum Gasteiger partial charge on any atom is -0.497 e. The van der Waals surface area contributed by atoms with Crippen LogP contribution in [0.3, 0.4) is 0 Å². The highest BCUT2D eigenvalue weighted by Crippen LogP contribution is 2.26. The number of anilines is 1. The van der Waals surface area contributed by atoms with Gasteiger partial charge in [-0.25, -0.2) is 0 Å². The van der Waals surface area contributed by atoms with E-state index in [1.165, 1.54) is 0 Å². The molecular formula is C14H15ClN2O2. The Balaban J connectivity index is 2.13. The lowest BCUT2D eigenvalue weighted by Gasteiger charge is -2.12. The van der Waals surface area contributed by atoms with Crippen molar-refractivity contribution in [1.82, 2.24) is 4.98 Å². The van der Waals surface area contributed by atoms with Crippen LogP contribution in [0, 0.1) is 0 Å². The van der Waals surface area contributed by atoms with Crippen molar-refractivity contribution in [2.75, 3.05) is 19.5 Å². The van der Waals surface area contributed by atoms with Gasteiger partial charge in [0, 0.05) is 24.4 Å². The zero-order chi connectivity index (χ0) is 13.7. The molecule has 0 aliphatic rings. The molecule has 0 spiro atoms. The molecule has 0 aliphatic heterocycles. The summed E-state index contributed by atoms with van der Waals surface area (Å²) >= 11 is 6.06. The van der Waals surface area contributed by atoms with Gasteiger partial charge in [0.15, 0.2) is 0 Å². The van der Waals surface area contributed by atoms with E-state index in [-0.39, 0.29) is 0 Å². The van der Waals surface area contributed by atoms with Gasteiger partial charge in [0.1, 0.15) is 11.5 Å². The molecule has 19 heavy (non-hydrogen) atoms. The zero-order valence-corrected chi connectivity index (χ0v) is 11.6. The highest BCUT2D eigenvalue weighted by Gasteiger charge is 2.06. The number of hydrogen-bond donors (Lipinski definition) is 1. The number of methoxy groups -OCH3 is 2. The van der Waals surface area contributed by atoms with E-state index in [0.29, 0.717) is 11.6 Å². The normalized spacial score (nSPS) is 10.1. The largest absolute Gasteiger partial charge is 0.497 e. The summed E-state index contributed by atoms with van der Waals surface area (Å²) in [6.07, 6.45) is 3.35. The number of rotatable bonds is 5. The lowest BCUT2D eigenvalue weighted by atomic mass is 10.2. The van der Waals surface area contributed by atoms with Crippen LogP contribution < -0.4 is 14.8 Å². The molecule has 1 heterocycles. The maximum atomic E-state index is 6.06. The first-order valence-electron chi connectivity index (χ1n) is 5.79. The second-order valence-corrected chi connectivity index (χ2v) is 4.29. The van der Waals surface area contributed by atoms with Crippen LogP contribution in [-0.2, 0) is 6.54 Å². The Morgan fingerprint density at radius 1 is 1.21 bits per heavy atom. The standard InChI is InChI=1S/C14H15ClN2O2/c1-18-11-4-3-10(14(7-11)19-2)8-17-13-9-16-6-5-12(13)15/h3-7,9,17H,8H2,1-2H3. The van der Waals surface area contributed by atoms with Gasteiger partial charge in [0.05, 0.1) is 31.1 Å². The van der Waals surface area contributed by atoms with E-state index >= 15 is 0 Å². The number of nitrogens with one attached hydrogen (secondary N) is 1. The van der Waals surface area contributed by atoms with E-state index in [0.717, 1.165) is 22.7 Å². The summed E-state index contributed by atoms with van der Waals surface area (Å²) in [6, 6.07) is 7.44. The van der Waals surface area contributed by atoms with Crippen LogP contribution >= 0.6 is 11.6 Å². The van der Waals surface area contributed by atoms with Crippen molar-refractivity contribution in [2.45, 2.75) is 6.54 Å². The molecule has 0 saturated heterocycles. The molecule has 4 nitrogen and oxygen atoms in total. The Morgan fingerprint density at radius 3 is 2.74 bits per heavy atom. The predicted octanol–water partition coefficient (Wildman–Crippen LogP) is 3.36. The Kier molecular flexibility index (Phi) is 4.47. The zero-order valence-electron chi connectivity index (χ0n) is 10.8. The molecule has 0 saturated carbocycles. The molecule has 2 rings (SSSR count). The lowest BCUT2D eigenvalue weighted by Crippen LogP contribution is -2.02. The summed E-state index contributed by atoms with van der Waals surface area (Å²) in [6.45, 7) is 0.596. The van der Waals surface area contributed by atoms with E-state index in [2.05, 4.69) is 10.3 Å². The summed E-state index contributed by atoms with van der Waals surface area (Å²) < 4.78 is 10.5. The van der Waals surface area contributed by atoms with E-state index in [9.17, 15) is 0 Å². The summed E-state index contributed by atoms with van der Waals surface area (Å²) in [5.74, 6) is 1.53. The molecule has 0 fully saturated rings. The predicted molar refractivity (Wildman–Crippen MR) is 76.1 cm³/mol. The van der Waals surface area contributed by atoms with Gasteiger partial charge in [-0.15, -0.1) is 0 Å². The molecule has 0 bridgehead atoms. The molecule has 1 aromatic carbocycles. The van der Waals surface area contributed by atoms with Gasteiger partial charge in [-0.2, -0.15) is 0 Å². The first kappa shape index (κ1) is 13.5. The fourth-order valence-electron chi connectivity index (χ4n) is 1.70. The van der Waals surface area contributed by atoms with E-state index in [1.54, 1.807) is 32.7 Å². The topological polar surface area (TPSA) is 43.4 Å². The molecule has 1 aromatic heterocycles. The van der Waals surface area contributed by atoms with Crippen molar-refractivity contribution in [3.63, 3.8) is 0 Å². The third-order valence-corrected chi connectivity index (χ3v) is 3.06. The van der Waals surface area contributed by atoms with E-state index < -0.39 is 0 Å². The van der Waals surface area contributed by atoms with Crippen molar-refractivity contribution in [3.8, 4) is 11.5 Å². The molecule has 0 unspecified atom stereocenters. The first-order valence-corrected chi connectivity index (χ1v) is 6.16. The Bertz CT molecular complexity index is 561. The van der Waals surface area contributed by atoms with Crippen LogP contribution in [0.2, 0.25) is 5.02 Å². The van der Waals surface area contributed by atoms with Gasteiger partial charge in [-0.05, 0) is 18.2 Å². The lowest BCUT2D eigenvalue weighted by molar-refractivity contribution is 0.391. The number of nitrogens with zero attached hydrogens (tertiary/aromatic N) is 1. The number of halogens is 1. The molecule has 0 amide bonds. The van der Waals surface area contributed by atoms with Crippen LogP contribution in [0.15, 0.2) is 36.7 Å². The van der Waals surface area contributed by atoms with Crippen molar-refractivity contribution in [1.29, 1.82) is 0 Å². The van der Waals surface area contributed by atoms with Crippen LogP contribution in [0.4, 0.5) is 5.69 Å². The third-order valence-electron chi connectivity index (χ3n) is 2.73. The second-order valence-electron chi connectivity index (χ2n) is 3.89. The average Bonchev–Trinajstić information content (AvgIpc) is 2.46. The number of benzene rings is 1. The first-order chi connectivity index (χ1) is 9.24. The number of pyridine rings is 1. The molecule has 5 heteroatoms. The Morgan fingerprint density at radius 2 is 2.05 bits per heavy atom. The summed E-state index contributed by atoms with van der Waals surface area (Å²) in [5.41, 5.74) is 1.81. The maximum Gasteiger partial charge on any atom is 0.127 e. The van der Waals surface area contributed by atoms with Crippen LogP contribution in [0.5, 0.6) is 11.5 Å². The van der Waals surface area contributed by atoms with Gasteiger partial charge < -0.3 is 14.8 Å². The molecular weight excluding hydrogens is 264 g/mol. The average molecular weight is 279 g/mol. The van der Waals surface area contributed by atoms with Crippen molar-refractivity contribution < 1.29 is 9.47 Å². The van der Waals surface area contributed by atoms with Gasteiger partial charge in [-0.3, -0.25) is 4.98 Å². The number of aromatic nitrogens is 1. The van der Waals surface area contributed by atoms with Gasteiger partial charge in [0.25, 0.3) is 0 Å². The highest BCUT2D eigenvalue weighted by atomic mass is 35.5. The fourth-order valence-corrected chi connectivity index (χ4v) is 1.87. The van der Waals surface area contributed by atoms with Gasteiger partial charge in [-0.1, -0.05) is 11.6 Å². The minimum absolute atomic E-state index is 0.596. The van der Waals surface area contributed by atoms with Crippen molar-refractivity contribution in [3.05, 3.63) is 47.2 Å². The molecule has 2 aromatic rings. The molecule has 0 atom stereocenters. The third kappa shape index (κ3) is 3.29. The monoisotopic (exact) mass is 278 g/mol. The van der Waals surface area contributed by atoms with Crippen LogP contribution in [0.25, 0.3) is 0 Å². The van der Waals surface area contributed by atoms with Crippen LogP contribution in [-0.4, -0.2) is 19.2 Å². The van der Waals surface area contributed by atoms with Gasteiger partial charge in [0.2, 0.25) is 0 Å². The second kappa shape index (κ2) is 6.29. The number of ether oxygens (including phenoxy) is 2. The van der Waals surface area contributed by atoms with Crippen molar-refractivity contribution in [2.24, 2.45) is 0 Å². The molecule has 0 radical (unpaired) electrons. The van der Waals surface area contributed by atoms with Crippen LogP contribution in [0.1, 0.15) is 5.56 Å². The van der Waals surface area contributed by atoms with E-state index in [4.69, 9.17) is 21.1 Å². The molecule has 100 valence electrons. The smallest absolute Gasteiger partial charge is 0.127 e. The summed E-state index contributed by atoms with van der Waals surface area (Å²) in [7, 11) is 3.26. The molecule has 1 N–H and O–H groups in total. The quantitative estimate of drug-likeness (QED) is 0.911. The maximum absolute atomic E-state index is 6.06.